The van der Waals surface area contributed by atoms with Gasteiger partial charge in [-0.1, -0.05) is 6.07 Å². The summed E-state index contributed by atoms with van der Waals surface area (Å²) in [5, 5.41) is 0. The van der Waals surface area contributed by atoms with Crippen LogP contribution in [0.4, 0.5) is 0 Å². The molecule has 0 heterocycles. The van der Waals surface area contributed by atoms with E-state index in [-0.39, 0.29) is 0 Å². The Morgan fingerprint density at radius 3 is 2.58 bits per heavy atom. The van der Waals surface area contributed by atoms with Crippen LogP contribution < -0.4 is 4.74 Å². The second-order valence-electron chi connectivity index (χ2n) is 3.56. The van der Waals surface area contributed by atoms with Gasteiger partial charge in [0.2, 0.25) is 0 Å². The lowest BCUT2D eigenvalue weighted by molar-refractivity contribution is 0.414. The van der Waals surface area contributed by atoms with Crippen LogP contribution in [0.2, 0.25) is 0 Å². The van der Waals surface area contributed by atoms with E-state index in [1.807, 2.05) is 0 Å². The fourth-order valence-corrected chi connectivity index (χ4v) is 1.55. The smallest absolute Gasteiger partial charge is 0.119 e. The maximum atomic E-state index is 5.21. The zero-order valence-corrected chi connectivity index (χ0v) is 7.63. The first kappa shape index (κ1) is 7.66. The van der Waals surface area contributed by atoms with E-state index in [4.69, 9.17) is 4.74 Å². The third-order valence-corrected chi connectivity index (χ3v) is 2.36. The van der Waals surface area contributed by atoms with E-state index in [0.717, 1.165) is 11.7 Å². The summed E-state index contributed by atoms with van der Waals surface area (Å²) in [6.07, 6.45) is 2.71. The van der Waals surface area contributed by atoms with Gasteiger partial charge in [0.05, 0.1) is 7.11 Å². The first-order valence-electron chi connectivity index (χ1n) is 4.45. The molecule has 1 nitrogen and oxygen atoms in total. The summed E-state index contributed by atoms with van der Waals surface area (Å²) in [4.78, 5) is 0. The number of aryl methyl sites for hydroxylation is 1. The highest BCUT2D eigenvalue weighted by atomic mass is 16.5. The Morgan fingerprint density at radius 2 is 2.00 bits per heavy atom. The largest absolute Gasteiger partial charge is 0.497 e. The average molecular weight is 162 g/mol. The molecule has 0 atom stereocenters. The molecule has 1 aliphatic carbocycles. The number of rotatable bonds is 2. The normalized spacial score (nSPS) is 16.2. The highest BCUT2D eigenvalue weighted by Gasteiger charge is 2.23. The molecule has 0 saturated heterocycles. The van der Waals surface area contributed by atoms with Crippen molar-refractivity contribution >= 4 is 0 Å². The highest BCUT2D eigenvalue weighted by Crippen LogP contribution is 2.41. The monoisotopic (exact) mass is 162 g/mol. The molecule has 0 unspecified atom stereocenters. The summed E-state index contributed by atoms with van der Waals surface area (Å²) in [6.45, 7) is 2.12. The predicted octanol–water partition coefficient (Wildman–Crippen LogP) is 2.88. The van der Waals surface area contributed by atoms with E-state index in [2.05, 4.69) is 25.1 Å². The van der Waals surface area contributed by atoms with Crippen molar-refractivity contribution in [2.75, 3.05) is 7.11 Å². The summed E-state index contributed by atoms with van der Waals surface area (Å²) < 4.78 is 5.21. The first-order chi connectivity index (χ1) is 5.79. The third-order valence-electron chi connectivity index (χ3n) is 2.36. The number of ether oxygens (including phenoxy) is 1. The van der Waals surface area contributed by atoms with Gasteiger partial charge >= 0.3 is 0 Å². The van der Waals surface area contributed by atoms with E-state index in [0.29, 0.717) is 0 Å². The SMILES string of the molecule is COc1cc(C)cc(C2CC2)c1. The summed E-state index contributed by atoms with van der Waals surface area (Å²) in [5.74, 6) is 1.82. The van der Waals surface area contributed by atoms with Crippen LogP contribution in [0.3, 0.4) is 0 Å². The van der Waals surface area contributed by atoms with Crippen LogP contribution in [0.15, 0.2) is 18.2 Å². The molecule has 0 N–H and O–H groups in total. The number of methoxy groups -OCH3 is 1. The van der Waals surface area contributed by atoms with Crippen LogP contribution in [-0.4, -0.2) is 7.11 Å². The molecule has 0 amide bonds. The zero-order chi connectivity index (χ0) is 8.55. The van der Waals surface area contributed by atoms with E-state index in [1.54, 1.807) is 7.11 Å². The van der Waals surface area contributed by atoms with E-state index >= 15 is 0 Å². The molecule has 0 spiro atoms. The molecule has 2 rings (SSSR count). The molecule has 0 aromatic heterocycles. The summed E-state index contributed by atoms with van der Waals surface area (Å²) in [6, 6.07) is 6.50. The fraction of sp³-hybridized carbons (Fsp3) is 0.455. The standard InChI is InChI=1S/C11H14O/c1-8-5-10(9-3-4-9)7-11(6-8)12-2/h5-7,9H,3-4H2,1-2H3. The minimum atomic E-state index is 0.818. The molecule has 1 aliphatic rings. The zero-order valence-electron chi connectivity index (χ0n) is 7.63. The van der Waals surface area contributed by atoms with Gasteiger partial charge < -0.3 is 4.74 Å². The Bertz CT molecular complexity index is 287. The van der Waals surface area contributed by atoms with Crippen LogP contribution >= 0.6 is 0 Å². The molecule has 64 valence electrons. The predicted molar refractivity (Wildman–Crippen MR) is 49.7 cm³/mol. The van der Waals surface area contributed by atoms with Crippen LogP contribution in [0.25, 0.3) is 0 Å². The summed E-state index contributed by atoms with van der Waals surface area (Å²) >= 11 is 0. The Balaban J connectivity index is 2.34. The van der Waals surface area contributed by atoms with Crippen molar-refractivity contribution in [2.24, 2.45) is 0 Å². The Morgan fingerprint density at radius 1 is 1.25 bits per heavy atom. The van der Waals surface area contributed by atoms with E-state index < -0.39 is 0 Å². The van der Waals surface area contributed by atoms with Crippen LogP contribution in [-0.2, 0) is 0 Å². The molecule has 1 heteroatoms. The molecule has 12 heavy (non-hydrogen) atoms. The summed E-state index contributed by atoms with van der Waals surface area (Å²) in [7, 11) is 1.73. The Kier molecular flexibility index (Phi) is 1.80. The lowest BCUT2D eigenvalue weighted by Gasteiger charge is -2.04. The van der Waals surface area contributed by atoms with Crippen molar-refractivity contribution in [3.05, 3.63) is 29.3 Å². The molecule has 0 radical (unpaired) electrons. The number of benzene rings is 1. The maximum Gasteiger partial charge on any atom is 0.119 e. The van der Waals surface area contributed by atoms with Crippen LogP contribution in [0.1, 0.15) is 29.9 Å². The van der Waals surface area contributed by atoms with Gasteiger partial charge in [0.15, 0.2) is 0 Å². The number of hydrogen-bond donors (Lipinski definition) is 0. The lowest BCUT2D eigenvalue weighted by atomic mass is 10.1. The molecule has 1 saturated carbocycles. The lowest BCUT2D eigenvalue weighted by Crippen LogP contribution is -1.87. The van der Waals surface area contributed by atoms with Crippen molar-refractivity contribution in [2.45, 2.75) is 25.7 Å². The Hall–Kier alpha value is -0.980. The molecular weight excluding hydrogens is 148 g/mol. The highest BCUT2D eigenvalue weighted by molar-refractivity contribution is 5.37. The molecule has 1 aromatic carbocycles. The van der Waals surface area contributed by atoms with Gasteiger partial charge in [0.25, 0.3) is 0 Å². The fourth-order valence-electron chi connectivity index (χ4n) is 1.55. The van der Waals surface area contributed by atoms with Gasteiger partial charge in [-0.15, -0.1) is 0 Å². The minimum Gasteiger partial charge on any atom is -0.497 e. The van der Waals surface area contributed by atoms with Crippen molar-refractivity contribution in [3.8, 4) is 5.75 Å². The molecule has 0 aliphatic heterocycles. The van der Waals surface area contributed by atoms with Gasteiger partial charge in [0.1, 0.15) is 5.75 Å². The van der Waals surface area contributed by atoms with Crippen molar-refractivity contribution in [1.29, 1.82) is 0 Å². The van der Waals surface area contributed by atoms with Gasteiger partial charge in [-0.05, 0) is 48.9 Å². The molecule has 0 bridgehead atoms. The Labute approximate surface area is 73.4 Å². The van der Waals surface area contributed by atoms with Gasteiger partial charge in [0, 0.05) is 0 Å². The van der Waals surface area contributed by atoms with Crippen molar-refractivity contribution in [1.82, 2.24) is 0 Å². The third kappa shape index (κ3) is 1.45. The van der Waals surface area contributed by atoms with Gasteiger partial charge in [-0.25, -0.2) is 0 Å². The van der Waals surface area contributed by atoms with E-state index in [1.165, 1.54) is 24.0 Å². The molecule has 1 aromatic rings. The second-order valence-corrected chi connectivity index (χ2v) is 3.56. The van der Waals surface area contributed by atoms with Gasteiger partial charge in [-0.2, -0.15) is 0 Å². The average Bonchev–Trinajstić information content (AvgIpc) is 2.85. The molecular formula is C11H14O. The van der Waals surface area contributed by atoms with Crippen molar-refractivity contribution in [3.63, 3.8) is 0 Å². The topological polar surface area (TPSA) is 9.23 Å². The quantitative estimate of drug-likeness (QED) is 0.649. The van der Waals surface area contributed by atoms with Gasteiger partial charge in [-0.3, -0.25) is 0 Å². The van der Waals surface area contributed by atoms with Crippen LogP contribution in [0.5, 0.6) is 5.75 Å². The van der Waals surface area contributed by atoms with Crippen molar-refractivity contribution < 1.29 is 4.74 Å². The first-order valence-corrected chi connectivity index (χ1v) is 4.45. The minimum absolute atomic E-state index is 0.818. The number of hydrogen-bond acceptors (Lipinski definition) is 1. The summed E-state index contributed by atoms with van der Waals surface area (Å²) in [5.41, 5.74) is 2.75. The maximum absolute atomic E-state index is 5.21. The van der Waals surface area contributed by atoms with Crippen LogP contribution in [0, 0.1) is 6.92 Å². The molecule has 1 fully saturated rings. The van der Waals surface area contributed by atoms with E-state index in [9.17, 15) is 0 Å². The second kappa shape index (κ2) is 2.81.